The third kappa shape index (κ3) is 4.85. The minimum atomic E-state index is -3.70. The van der Waals surface area contributed by atoms with E-state index in [4.69, 9.17) is 4.74 Å². The van der Waals surface area contributed by atoms with Crippen LogP contribution in [0.4, 0.5) is 10.2 Å². The highest BCUT2D eigenvalue weighted by molar-refractivity contribution is 7.92. The molecule has 10 nitrogen and oxygen atoms in total. The van der Waals surface area contributed by atoms with Crippen molar-refractivity contribution in [2.45, 2.75) is 6.54 Å². The second-order valence-corrected chi connectivity index (χ2v) is 9.02. The Morgan fingerprint density at radius 3 is 2.58 bits per heavy atom. The van der Waals surface area contributed by atoms with Gasteiger partial charge in [0.15, 0.2) is 17.3 Å². The van der Waals surface area contributed by atoms with E-state index in [0.717, 1.165) is 16.6 Å². The zero-order chi connectivity index (χ0) is 24.3. The lowest BCUT2D eigenvalue weighted by atomic mass is 10.1. The van der Waals surface area contributed by atoms with Crippen molar-refractivity contribution in [3.63, 3.8) is 0 Å². The lowest BCUT2D eigenvalue weighted by molar-refractivity contribution is 0.0933. The largest absolute Gasteiger partial charge is 0.492 e. The number of carbonyl (C=O) groups excluding carboxylic acids is 2. The predicted molar refractivity (Wildman–Crippen MR) is 120 cm³/mol. The number of aromatic nitrogens is 2. The van der Waals surface area contributed by atoms with Crippen molar-refractivity contribution in [3.05, 3.63) is 59.2 Å². The Kier molecular flexibility index (Phi) is 6.77. The first kappa shape index (κ1) is 23.9. The first-order chi connectivity index (χ1) is 15.6. The average molecular weight is 476 g/mol. The van der Waals surface area contributed by atoms with E-state index in [1.807, 2.05) is 0 Å². The first-order valence-electron chi connectivity index (χ1n) is 9.63. The van der Waals surface area contributed by atoms with Crippen molar-refractivity contribution >= 4 is 38.6 Å². The Hall–Kier alpha value is -3.80. The number of anilines is 1. The molecule has 0 unspecified atom stereocenters. The molecule has 1 aromatic carbocycles. The molecule has 0 saturated heterocycles. The summed E-state index contributed by atoms with van der Waals surface area (Å²) in [5.41, 5.74) is 0.488. The average Bonchev–Trinajstić information content (AvgIpc) is 2.80. The maximum absolute atomic E-state index is 13.6. The van der Waals surface area contributed by atoms with Crippen molar-refractivity contribution in [2.24, 2.45) is 0 Å². The zero-order valence-electron chi connectivity index (χ0n) is 18.3. The fraction of sp³-hybridized carbons (Fsp3) is 0.238. The summed E-state index contributed by atoms with van der Waals surface area (Å²) in [4.78, 5) is 33.6. The Morgan fingerprint density at radius 1 is 1.21 bits per heavy atom. The standard InChI is InChI=1S/C21H22FN5O5S/c1-23-20(28)15-10-13(22)8-7-12(15)11-25-21(29)17-18(32-3)16-14(6-5-9-24-16)19(26-17)27(2)33(4,30)31/h5-10H,11H2,1-4H3,(H,23,28)(H,25,29). The van der Waals surface area contributed by atoms with Crippen LogP contribution in [0.3, 0.4) is 0 Å². The molecule has 3 rings (SSSR count). The SMILES string of the molecule is CNC(=O)c1cc(F)ccc1CNC(=O)c1nc(N(C)S(C)(=O)=O)c2cccnc2c1OC. The number of benzene rings is 1. The lowest BCUT2D eigenvalue weighted by Crippen LogP contribution is -2.29. The molecule has 3 aromatic rings. The number of rotatable bonds is 7. The van der Waals surface area contributed by atoms with Crippen LogP contribution >= 0.6 is 0 Å². The molecule has 2 heterocycles. The van der Waals surface area contributed by atoms with Gasteiger partial charge in [-0.15, -0.1) is 0 Å². The maximum atomic E-state index is 13.6. The van der Waals surface area contributed by atoms with Gasteiger partial charge in [0.25, 0.3) is 11.8 Å². The molecule has 0 spiro atoms. The van der Waals surface area contributed by atoms with E-state index >= 15 is 0 Å². The van der Waals surface area contributed by atoms with Crippen LogP contribution in [0.15, 0.2) is 36.5 Å². The number of methoxy groups -OCH3 is 1. The second kappa shape index (κ2) is 9.36. The molecular formula is C21H22FN5O5S. The van der Waals surface area contributed by atoms with Crippen LogP contribution in [0.25, 0.3) is 10.9 Å². The minimum absolute atomic E-state index is 0.000572. The van der Waals surface area contributed by atoms with Crippen LogP contribution in [-0.4, -0.2) is 57.7 Å². The molecule has 2 amide bonds. The summed E-state index contributed by atoms with van der Waals surface area (Å²) in [6.45, 7) is -0.121. The Labute approximate surface area is 189 Å². The zero-order valence-corrected chi connectivity index (χ0v) is 19.2. The van der Waals surface area contributed by atoms with Crippen molar-refractivity contribution in [2.75, 3.05) is 31.8 Å². The predicted octanol–water partition coefficient (Wildman–Crippen LogP) is 1.46. The molecule has 0 atom stereocenters. The summed E-state index contributed by atoms with van der Waals surface area (Å²) in [5.74, 6) is -1.75. The van der Waals surface area contributed by atoms with Crippen molar-refractivity contribution in [1.82, 2.24) is 20.6 Å². The van der Waals surface area contributed by atoms with E-state index in [9.17, 15) is 22.4 Å². The molecule has 0 bridgehead atoms. The number of nitrogens with zero attached hydrogens (tertiary/aromatic N) is 3. The van der Waals surface area contributed by atoms with Crippen LogP contribution in [-0.2, 0) is 16.6 Å². The van der Waals surface area contributed by atoms with Crippen LogP contribution in [0, 0.1) is 5.82 Å². The summed E-state index contributed by atoms with van der Waals surface area (Å²) in [5, 5.41) is 5.41. The summed E-state index contributed by atoms with van der Waals surface area (Å²) in [7, 11) is 0.364. The molecule has 33 heavy (non-hydrogen) atoms. The van der Waals surface area contributed by atoms with Crippen molar-refractivity contribution < 1.29 is 27.1 Å². The summed E-state index contributed by atoms with van der Waals surface area (Å²) >= 11 is 0. The smallest absolute Gasteiger partial charge is 0.274 e. The molecule has 0 saturated carbocycles. The Morgan fingerprint density at radius 2 is 1.94 bits per heavy atom. The van der Waals surface area contributed by atoms with Gasteiger partial charge in [0, 0.05) is 37.8 Å². The highest BCUT2D eigenvalue weighted by Gasteiger charge is 2.25. The van der Waals surface area contributed by atoms with Gasteiger partial charge >= 0.3 is 0 Å². The Balaban J connectivity index is 2.05. The number of fused-ring (bicyclic) bond motifs is 1. The molecule has 0 radical (unpaired) electrons. The Bertz CT molecular complexity index is 1350. The molecular weight excluding hydrogens is 453 g/mol. The maximum Gasteiger partial charge on any atom is 0.274 e. The van der Waals surface area contributed by atoms with Gasteiger partial charge in [-0.2, -0.15) is 0 Å². The molecule has 2 aromatic heterocycles. The van der Waals surface area contributed by atoms with Gasteiger partial charge in [0.2, 0.25) is 10.0 Å². The van der Waals surface area contributed by atoms with Gasteiger partial charge in [-0.3, -0.25) is 18.9 Å². The van der Waals surface area contributed by atoms with Gasteiger partial charge < -0.3 is 15.4 Å². The number of hydrogen-bond acceptors (Lipinski definition) is 7. The number of hydrogen-bond donors (Lipinski definition) is 2. The number of halogens is 1. The third-order valence-electron chi connectivity index (χ3n) is 4.89. The number of ether oxygens (including phenoxy) is 1. The topological polar surface area (TPSA) is 131 Å². The molecule has 0 aliphatic rings. The molecule has 12 heteroatoms. The van der Waals surface area contributed by atoms with E-state index in [-0.39, 0.29) is 34.9 Å². The van der Waals surface area contributed by atoms with Crippen molar-refractivity contribution in [1.29, 1.82) is 0 Å². The summed E-state index contributed by atoms with van der Waals surface area (Å²) < 4.78 is 44.2. The van der Waals surface area contributed by atoms with E-state index in [1.165, 1.54) is 39.5 Å². The minimum Gasteiger partial charge on any atom is -0.492 e. The second-order valence-electron chi connectivity index (χ2n) is 7.01. The fourth-order valence-electron chi connectivity index (χ4n) is 3.15. The lowest BCUT2D eigenvalue weighted by Gasteiger charge is -2.20. The highest BCUT2D eigenvalue weighted by atomic mass is 32.2. The quantitative estimate of drug-likeness (QED) is 0.529. The normalized spacial score (nSPS) is 11.2. The fourth-order valence-corrected chi connectivity index (χ4v) is 3.60. The molecule has 0 aliphatic heterocycles. The first-order valence-corrected chi connectivity index (χ1v) is 11.5. The highest BCUT2D eigenvalue weighted by Crippen LogP contribution is 2.33. The molecule has 174 valence electrons. The third-order valence-corrected chi connectivity index (χ3v) is 6.06. The van der Waals surface area contributed by atoms with Crippen LogP contribution in [0.1, 0.15) is 26.4 Å². The van der Waals surface area contributed by atoms with Gasteiger partial charge in [-0.25, -0.2) is 17.8 Å². The monoisotopic (exact) mass is 475 g/mol. The van der Waals surface area contributed by atoms with E-state index in [1.54, 1.807) is 12.1 Å². The van der Waals surface area contributed by atoms with Gasteiger partial charge in [0.05, 0.1) is 13.4 Å². The van der Waals surface area contributed by atoms with Gasteiger partial charge in [0.1, 0.15) is 11.3 Å². The summed E-state index contributed by atoms with van der Waals surface area (Å²) in [6, 6.07) is 6.85. The number of amides is 2. The molecule has 2 N–H and O–H groups in total. The number of pyridine rings is 2. The number of nitrogens with one attached hydrogen (secondary N) is 2. The van der Waals surface area contributed by atoms with Gasteiger partial charge in [-0.1, -0.05) is 6.07 Å². The van der Waals surface area contributed by atoms with Crippen LogP contribution in [0.5, 0.6) is 5.75 Å². The van der Waals surface area contributed by atoms with E-state index in [2.05, 4.69) is 20.6 Å². The van der Waals surface area contributed by atoms with Crippen LogP contribution in [0.2, 0.25) is 0 Å². The number of sulfonamides is 1. The van der Waals surface area contributed by atoms with E-state index in [0.29, 0.717) is 10.9 Å². The van der Waals surface area contributed by atoms with Gasteiger partial charge in [-0.05, 0) is 29.8 Å². The number of carbonyl (C=O) groups is 2. The molecule has 0 fully saturated rings. The van der Waals surface area contributed by atoms with Crippen LogP contribution < -0.4 is 19.7 Å². The van der Waals surface area contributed by atoms with Crippen molar-refractivity contribution in [3.8, 4) is 5.75 Å². The summed E-state index contributed by atoms with van der Waals surface area (Å²) in [6.07, 6.45) is 2.49. The molecule has 0 aliphatic carbocycles. The van der Waals surface area contributed by atoms with E-state index < -0.39 is 27.7 Å².